The molecule has 2 rings (SSSR count). The minimum absolute atomic E-state index is 0.306. The second kappa shape index (κ2) is 3.64. The van der Waals surface area contributed by atoms with Crippen LogP contribution in [-0.2, 0) is 16.8 Å². The maximum absolute atomic E-state index is 10.7. The molecule has 1 aliphatic rings. The monoisotopic (exact) mass is 274 g/mol. The molecule has 1 unspecified atom stereocenters. The van der Waals surface area contributed by atoms with E-state index in [9.17, 15) is 9.90 Å². The molecule has 1 aromatic heterocycles. The largest absolute Gasteiger partial charge is 0.481 e. The molecule has 4 nitrogen and oxygen atoms in total. The number of aliphatic hydroxyl groups is 1. The minimum atomic E-state index is -1.34. The van der Waals surface area contributed by atoms with Crippen molar-refractivity contribution in [3.05, 3.63) is 22.1 Å². The molecule has 0 amide bonds. The van der Waals surface area contributed by atoms with E-state index >= 15 is 0 Å². The zero-order valence-electron chi connectivity index (χ0n) is 7.99. The molecule has 1 aromatic rings. The fourth-order valence-electron chi connectivity index (χ4n) is 2.08. The van der Waals surface area contributed by atoms with Gasteiger partial charge in [0.05, 0.1) is 6.42 Å². The van der Waals surface area contributed by atoms with E-state index in [-0.39, 0.29) is 6.42 Å². The predicted octanol–water partition coefficient (Wildman–Crippen LogP) is 2.04. The van der Waals surface area contributed by atoms with E-state index in [1.54, 1.807) is 6.07 Å². The van der Waals surface area contributed by atoms with Crippen LogP contribution in [0, 0.1) is 0 Å². The molecule has 0 aliphatic heterocycles. The van der Waals surface area contributed by atoms with E-state index in [1.807, 2.05) is 0 Å². The first-order chi connectivity index (χ1) is 7.01. The van der Waals surface area contributed by atoms with Gasteiger partial charge in [0.25, 0.3) is 0 Å². The van der Waals surface area contributed by atoms with Crippen LogP contribution in [0.5, 0.6) is 0 Å². The summed E-state index contributed by atoms with van der Waals surface area (Å²) in [5, 5.41) is 19.0. The van der Waals surface area contributed by atoms with Crippen molar-refractivity contribution in [3.63, 3.8) is 0 Å². The van der Waals surface area contributed by atoms with Crippen molar-refractivity contribution in [2.45, 2.75) is 31.3 Å². The number of aliphatic carboxylic acids is 1. The quantitative estimate of drug-likeness (QED) is 0.866. The lowest BCUT2D eigenvalue weighted by molar-refractivity contribution is -0.144. The molecule has 1 atom stereocenters. The van der Waals surface area contributed by atoms with Crippen molar-refractivity contribution in [2.24, 2.45) is 0 Å². The van der Waals surface area contributed by atoms with Crippen molar-refractivity contribution in [1.82, 2.24) is 0 Å². The third-order valence-electron chi connectivity index (χ3n) is 2.68. The Balaban J connectivity index is 2.39. The highest BCUT2D eigenvalue weighted by atomic mass is 79.9. The van der Waals surface area contributed by atoms with E-state index in [2.05, 4.69) is 15.9 Å². The molecule has 82 valence electrons. The lowest BCUT2D eigenvalue weighted by atomic mass is 9.82. The third-order valence-corrected chi connectivity index (χ3v) is 3.07. The summed E-state index contributed by atoms with van der Waals surface area (Å²) in [7, 11) is 0. The maximum atomic E-state index is 10.7. The number of carboxylic acid groups (broad SMARTS) is 1. The average molecular weight is 275 g/mol. The van der Waals surface area contributed by atoms with Gasteiger partial charge in [-0.3, -0.25) is 4.79 Å². The molecule has 0 saturated heterocycles. The number of halogens is 1. The molecule has 15 heavy (non-hydrogen) atoms. The summed E-state index contributed by atoms with van der Waals surface area (Å²) in [5.74, 6) is -0.610. The smallest absolute Gasteiger partial charge is 0.306 e. The molecule has 0 bridgehead atoms. The number of rotatable bonds is 2. The van der Waals surface area contributed by atoms with Gasteiger partial charge in [0, 0.05) is 0 Å². The fourth-order valence-corrected chi connectivity index (χ4v) is 2.52. The highest BCUT2D eigenvalue weighted by molar-refractivity contribution is 9.10. The first kappa shape index (κ1) is 10.7. The zero-order valence-corrected chi connectivity index (χ0v) is 9.58. The average Bonchev–Trinajstić information content (AvgIpc) is 2.45. The summed E-state index contributed by atoms with van der Waals surface area (Å²) in [4.78, 5) is 10.7. The number of aryl methyl sites for hydroxylation is 1. The zero-order chi connectivity index (χ0) is 11.1. The van der Waals surface area contributed by atoms with Crippen molar-refractivity contribution < 1.29 is 19.4 Å². The van der Waals surface area contributed by atoms with Crippen LogP contribution in [0.25, 0.3) is 0 Å². The van der Waals surface area contributed by atoms with Gasteiger partial charge in [-0.25, -0.2) is 0 Å². The van der Waals surface area contributed by atoms with Gasteiger partial charge in [-0.15, -0.1) is 0 Å². The Morgan fingerprint density at radius 3 is 3.07 bits per heavy atom. The lowest BCUT2D eigenvalue weighted by Crippen LogP contribution is -2.32. The van der Waals surface area contributed by atoms with Gasteiger partial charge in [0.1, 0.15) is 11.4 Å². The summed E-state index contributed by atoms with van der Waals surface area (Å²) >= 11 is 3.19. The second-order valence-electron chi connectivity index (χ2n) is 3.86. The Bertz CT molecular complexity index is 398. The Morgan fingerprint density at radius 1 is 1.67 bits per heavy atom. The number of hydrogen-bond donors (Lipinski definition) is 2. The van der Waals surface area contributed by atoms with E-state index in [0.717, 1.165) is 18.4 Å². The molecule has 0 saturated carbocycles. The van der Waals surface area contributed by atoms with E-state index in [0.29, 0.717) is 16.9 Å². The SMILES string of the molecule is O=C(O)CC1(O)CCCc2cc(Br)oc21. The maximum Gasteiger partial charge on any atom is 0.306 e. The van der Waals surface area contributed by atoms with E-state index in [4.69, 9.17) is 9.52 Å². The summed E-state index contributed by atoms with van der Waals surface area (Å²) in [6.07, 6.45) is 1.74. The molecule has 0 radical (unpaired) electrons. The summed E-state index contributed by atoms with van der Waals surface area (Å²) in [5.41, 5.74) is -0.442. The lowest BCUT2D eigenvalue weighted by Gasteiger charge is -2.29. The summed E-state index contributed by atoms with van der Waals surface area (Å²) in [6.45, 7) is 0. The van der Waals surface area contributed by atoms with Crippen LogP contribution in [-0.4, -0.2) is 16.2 Å². The van der Waals surface area contributed by atoms with Gasteiger partial charge in [-0.1, -0.05) is 0 Å². The van der Waals surface area contributed by atoms with Crippen molar-refractivity contribution >= 4 is 21.9 Å². The predicted molar refractivity (Wildman–Crippen MR) is 55.5 cm³/mol. The Labute approximate surface area is 95.0 Å². The van der Waals surface area contributed by atoms with Gasteiger partial charge in [0.15, 0.2) is 4.67 Å². The van der Waals surface area contributed by atoms with Crippen molar-refractivity contribution in [3.8, 4) is 0 Å². The Morgan fingerprint density at radius 2 is 2.40 bits per heavy atom. The molecule has 1 aliphatic carbocycles. The van der Waals surface area contributed by atoms with Gasteiger partial charge in [-0.2, -0.15) is 0 Å². The Kier molecular flexibility index (Phi) is 2.60. The fraction of sp³-hybridized carbons (Fsp3) is 0.500. The normalized spacial score (nSPS) is 24.9. The summed E-state index contributed by atoms with van der Waals surface area (Å²) < 4.78 is 5.87. The molecule has 2 N–H and O–H groups in total. The number of carboxylic acids is 1. The van der Waals surface area contributed by atoms with Gasteiger partial charge >= 0.3 is 5.97 Å². The van der Waals surface area contributed by atoms with Gasteiger partial charge < -0.3 is 14.6 Å². The van der Waals surface area contributed by atoms with Crippen LogP contribution in [0.2, 0.25) is 0 Å². The molecular weight excluding hydrogens is 264 g/mol. The molecule has 5 heteroatoms. The first-order valence-electron chi connectivity index (χ1n) is 4.74. The number of furan rings is 1. The third kappa shape index (κ3) is 1.94. The van der Waals surface area contributed by atoms with E-state index in [1.165, 1.54) is 0 Å². The highest BCUT2D eigenvalue weighted by Crippen LogP contribution is 2.40. The molecule has 0 fully saturated rings. The summed E-state index contributed by atoms with van der Waals surface area (Å²) in [6, 6.07) is 1.79. The van der Waals surface area contributed by atoms with Gasteiger partial charge in [0.2, 0.25) is 0 Å². The number of hydrogen-bond acceptors (Lipinski definition) is 3. The van der Waals surface area contributed by atoms with Crippen LogP contribution in [0.3, 0.4) is 0 Å². The number of carbonyl (C=O) groups is 1. The van der Waals surface area contributed by atoms with Crippen molar-refractivity contribution in [1.29, 1.82) is 0 Å². The molecule has 0 aromatic carbocycles. The first-order valence-corrected chi connectivity index (χ1v) is 5.53. The van der Waals surface area contributed by atoms with Gasteiger partial charge in [-0.05, 0) is 46.8 Å². The van der Waals surface area contributed by atoms with Crippen LogP contribution in [0.1, 0.15) is 30.6 Å². The molecule has 0 spiro atoms. The van der Waals surface area contributed by atoms with Crippen molar-refractivity contribution in [2.75, 3.05) is 0 Å². The second-order valence-corrected chi connectivity index (χ2v) is 4.64. The Hall–Kier alpha value is -0.810. The molecule has 1 heterocycles. The van der Waals surface area contributed by atoms with Crippen LogP contribution < -0.4 is 0 Å². The topological polar surface area (TPSA) is 70.7 Å². The highest BCUT2D eigenvalue weighted by Gasteiger charge is 2.40. The minimum Gasteiger partial charge on any atom is -0.481 e. The van der Waals surface area contributed by atoms with Crippen LogP contribution >= 0.6 is 15.9 Å². The van der Waals surface area contributed by atoms with Crippen LogP contribution in [0.4, 0.5) is 0 Å². The number of fused-ring (bicyclic) bond motifs is 1. The standard InChI is InChI=1S/C10H11BrO4/c11-7-4-6-2-1-3-10(14,5-8(12)13)9(6)15-7/h4,14H,1-3,5H2,(H,12,13). The molecular formula is C10H11BrO4. The van der Waals surface area contributed by atoms with E-state index < -0.39 is 11.6 Å². The van der Waals surface area contributed by atoms with Crippen LogP contribution in [0.15, 0.2) is 15.2 Å².